The summed E-state index contributed by atoms with van der Waals surface area (Å²) in [5, 5.41) is 0. The van der Waals surface area contributed by atoms with Crippen molar-refractivity contribution in [1.82, 2.24) is 0 Å². The van der Waals surface area contributed by atoms with Crippen molar-refractivity contribution in [2.24, 2.45) is 0 Å². The lowest BCUT2D eigenvalue weighted by molar-refractivity contribution is -0.126. The average molecular weight is 196 g/mol. The van der Waals surface area contributed by atoms with Crippen molar-refractivity contribution in [3.05, 3.63) is 35.4 Å². The van der Waals surface area contributed by atoms with Crippen molar-refractivity contribution in [2.45, 2.75) is 20.0 Å². The van der Waals surface area contributed by atoms with Crippen LogP contribution in [0.3, 0.4) is 0 Å². The van der Waals surface area contributed by atoms with Gasteiger partial charge in [-0.2, -0.15) is 4.39 Å². The van der Waals surface area contributed by atoms with E-state index >= 15 is 0 Å². The maximum atomic E-state index is 10.4. The summed E-state index contributed by atoms with van der Waals surface area (Å²) in [4.78, 5) is 8.78. The van der Waals surface area contributed by atoms with Gasteiger partial charge in [0.05, 0.1) is 13.2 Å². The molecule has 3 heteroatoms. The Kier molecular flexibility index (Phi) is 4.26. The number of halogens is 1. The summed E-state index contributed by atoms with van der Waals surface area (Å²) in [6, 6.07) is 7.13. The van der Waals surface area contributed by atoms with Gasteiger partial charge in [-0.05, 0) is 17.5 Å². The molecule has 0 saturated heterocycles. The van der Waals surface area contributed by atoms with Crippen LogP contribution in [0.15, 0.2) is 24.3 Å². The molecule has 0 fully saturated rings. The highest BCUT2D eigenvalue weighted by molar-refractivity contribution is 5.64. The highest BCUT2D eigenvalue weighted by Crippen LogP contribution is 2.14. The highest BCUT2D eigenvalue weighted by atomic mass is 19.1. The van der Waals surface area contributed by atoms with Gasteiger partial charge in [0.1, 0.15) is 0 Å². The molecule has 0 bridgehead atoms. The van der Waals surface area contributed by atoms with Gasteiger partial charge >= 0.3 is 0 Å². The number of benzene rings is 1. The van der Waals surface area contributed by atoms with E-state index in [-0.39, 0.29) is 0 Å². The van der Waals surface area contributed by atoms with E-state index in [0.29, 0.717) is 0 Å². The van der Waals surface area contributed by atoms with Crippen LogP contribution in [0.5, 0.6) is 0 Å². The molecule has 0 unspecified atom stereocenters. The van der Waals surface area contributed by atoms with E-state index in [2.05, 4.69) is 24.3 Å². The van der Waals surface area contributed by atoms with Gasteiger partial charge in [0, 0.05) is 6.92 Å². The zero-order chi connectivity index (χ0) is 10.4. The van der Waals surface area contributed by atoms with Gasteiger partial charge in [0.2, 0.25) is 0 Å². The Balaban J connectivity index is 0.000000213. The van der Waals surface area contributed by atoms with Gasteiger partial charge in [-0.15, -0.1) is 0 Å². The lowest BCUT2D eigenvalue weighted by Crippen LogP contribution is -2.08. The summed E-state index contributed by atoms with van der Waals surface area (Å²) in [6.07, 6.45) is 1.08. The molecular formula is C11H13FO2. The van der Waals surface area contributed by atoms with E-state index in [9.17, 15) is 4.39 Å². The zero-order valence-corrected chi connectivity index (χ0v) is 8.13. The predicted octanol–water partition coefficient (Wildman–Crippen LogP) is 2.26. The molecule has 0 spiro atoms. The largest absolute Gasteiger partial charge is 0.376 e. The topological polar surface area (TPSA) is 26.3 Å². The SMILES string of the molecule is CC(=O)F.c1ccc2c(c1)CCOC2. The molecule has 0 atom stereocenters. The van der Waals surface area contributed by atoms with Crippen molar-refractivity contribution in [3.8, 4) is 0 Å². The second-order valence-electron chi connectivity index (χ2n) is 3.04. The molecule has 1 aromatic carbocycles. The van der Waals surface area contributed by atoms with E-state index < -0.39 is 6.04 Å². The van der Waals surface area contributed by atoms with Gasteiger partial charge in [-0.25, -0.2) is 0 Å². The summed E-state index contributed by atoms with van der Waals surface area (Å²) in [6.45, 7) is 2.55. The molecule has 0 radical (unpaired) electrons. The number of carbonyl (C=O) groups is 1. The number of rotatable bonds is 0. The van der Waals surface area contributed by atoms with E-state index in [0.717, 1.165) is 26.6 Å². The van der Waals surface area contributed by atoms with Crippen molar-refractivity contribution >= 4 is 6.04 Å². The molecule has 76 valence electrons. The number of hydrogen-bond donors (Lipinski definition) is 0. The Morgan fingerprint density at radius 2 is 1.93 bits per heavy atom. The Bertz CT molecular complexity index is 281. The molecule has 14 heavy (non-hydrogen) atoms. The third kappa shape index (κ3) is 3.66. The monoisotopic (exact) mass is 196 g/mol. The molecule has 1 heterocycles. The maximum absolute atomic E-state index is 10.4. The van der Waals surface area contributed by atoms with Crippen LogP contribution in [0, 0.1) is 0 Å². The van der Waals surface area contributed by atoms with E-state index in [4.69, 9.17) is 9.53 Å². The van der Waals surface area contributed by atoms with Crippen molar-refractivity contribution in [2.75, 3.05) is 6.61 Å². The first-order valence-electron chi connectivity index (χ1n) is 4.50. The standard InChI is InChI=1S/C9H10O.C2H3FO/c1-2-4-9-7-10-6-5-8(9)3-1;1-2(3)4/h1-4H,5-7H2;1H3. The molecular weight excluding hydrogens is 183 g/mol. The fourth-order valence-electron chi connectivity index (χ4n) is 1.31. The van der Waals surface area contributed by atoms with E-state index in [1.807, 2.05) is 0 Å². The summed E-state index contributed by atoms with van der Waals surface area (Å²) >= 11 is 0. The van der Waals surface area contributed by atoms with Crippen molar-refractivity contribution in [1.29, 1.82) is 0 Å². The van der Waals surface area contributed by atoms with Crippen LogP contribution < -0.4 is 0 Å². The van der Waals surface area contributed by atoms with E-state index in [1.54, 1.807) is 0 Å². The van der Waals surface area contributed by atoms with E-state index in [1.165, 1.54) is 11.1 Å². The molecule has 1 aliphatic heterocycles. The van der Waals surface area contributed by atoms with Crippen LogP contribution in [0.25, 0.3) is 0 Å². The van der Waals surface area contributed by atoms with Gasteiger partial charge in [0.25, 0.3) is 6.04 Å². The first-order valence-corrected chi connectivity index (χ1v) is 4.50. The van der Waals surface area contributed by atoms with Crippen molar-refractivity contribution in [3.63, 3.8) is 0 Å². The molecule has 0 saturated carbocycles. The fraction of sp³-hybridized carbons (Fsp3) is 0.364. The minimum absolute atomic E-state index is 0.802. The third-order valence-corrected chi connectivity index (χ3v) is 1.89. The summed E-state index contributed by atoms with van der Waals surface area (Å²) in [5.41, 5.74) is 2.81. The molecule has 2 rings (SSSR count). The smallest absolute Gasteiger partial charge is 0.298 e. The molecule has 0 amide bonds. The van der Waals surface area contributed by atoms with Crippen LogP contribution in [-0.2, 0) is 22.6 Å². The lowest BCUT2D eigenvalue weighted by atomic mass is 10.0. The van der Waals surface area contributed by atoms with Gasteiger partial charge in [-0.1, -0.05) is 24.3 Å². The van der Waals surface area contributed by atoms with Crippen LogP contribution in [0.4, 0.5) is 4.39 Å². The number of hydrogen-bond acceptors (Lipinski definition) is 2. The Morgan fingerprint density at radius 1 is 1.36 bits per heavy atom. The van der Waals surface area contributed by atoms with Crippen LogP contribution >= 0.6 is 0 Å². The fourth-order valence-corrected chi connectivity index (χ4v) is 1.31. The Labute approximate surface area is 82.7 Å². The molecule has 0 aliphatic carbocycles. The van der Waals surface area contributed by atoms with Gasteiger partial charge < -0.3 is 4.74 Å². The first kappa shape index (κ1) is 10.9. The predicted molar refractivity (Wildman–Crippen MR) is 51.6 cm³/mol. The minimum atomic E-state index is -1.33. The summed E-state index contributed by atoms with van der Waals surface area (Å²) in [7, 11) is 0. The molecule has 2 nitrogen and oxygen atoms in total. The average Bonchev–Trinajstić information content (AvgIpc) is 2.17. The molecule has 1 aromatic rings. The van der Waals surface area contributed by atoms with Gasteiger partial charge in [-0.3, -0.25) is 4.79 Å². The number of carbonyl (C=O) groups excluding carboxylic acids is 1. The lowest BCUT2D eigenvalue weighted by Gasteiger charge is -2.14. The second-order valence-corrected chi connectivity index (χ2v) is 3.04. The van der Waals surface area contributed by atoms with Crippen molar-refractivity contribution < 1.29 is 13.9 Å². The number of ether oxygens (including phenoxy) is 1. The Morgan fingerprint density at radius 3 is 2.50 bits per heavy atom. The van der Waals surface area contributed by atoms with Gasteiger partial charge in [0.15, 0.2) is 0 Å². The highest BCUT2D eigenvalue weighted by Gasteiger charge is 2.06. The molecule has 1 aliphatic rings. The Hall–Kier alpha value is -1.22. The summed E-state index contributed by atoms with van der Waals surface area (Å²) < 4.78 is 15.7. The normalized spacial score (nSPS) is 13.6. The third-order valence-electron chi connectivity index (χ3n) is 1.89. The van der Waals surface area contributed by atoms with Crippen LogP contribution in [-0.4, -0.2) is 12.6 Å². The maximum Gasteiger partial charge on any atom is 0.298 e. The number of fused-ring (bicyclic) bond motifs is 1. The second kappa shape index (κ2) is 5.50. The zero-order valence-electron chi connectivity index (χ0n) is 8.13. The molecule has 0 aromatic heterocycles. The quantitative estimate of drug-likeness (QED) is 0.595. The van der Waals surface area contributed by atoms with Crippen LogP contribution in [0.1, 0.15) is 18.1 Å². The first-order chi connectivity index (χ1) is 6.70. The minimum Gasteiger partial charge on any atom is -0.376 e. The summed E-state index contributed by atoms with van der Waals surface area (Å²) in [5.74, 6) is 0. The molecule has 0 N–H and O–H groups in total. The van der Waals surface area contributed by atoms with Crippen LogP contribution in [0.2, 0.25) is 0 Å².